The van der Waals surface area contributed by atoms with Gasteiger partial charge in [-0.15, -0.1) is 0 Å². The molecule has 9 heteroatoms. The van der Waals surface area contributed by atoms with Crippen LogP contribution >= 0.6 is 11.8 Å². The van der Waals surface area contributed by atoms with Crippen LogP contribution in [0, 0.1) is 0 Å². The molecule has 4 aromatic rings. The van der Waals surface area contributed by atoms with Gasteiger partial charge in [0.25, 0.3) is 0 Å². The van der Waals surface area contributed by atoms with Gasteiger partial charge >= 0.3 is 0 Å². The molecule has 2 aliphatic heterocycles. The monoisotopic (exact) mass is 551 g/mol. The minimum absolute atomic E-state index is 0.0111. The topological polar surface area (TPSA) is 89.5 Å². The van der Waals surface area contributed by atoms with Gasteiger partial charge in [0.05, 0.1) is 12.2 Å². The first-order valence-electron chi connectivity index (χ1n) is 12.7. The number of hydrogen-bond acceptors (Lipinski definition) is 7. The molecular formula is C31H25N3O5S. The summed E-state index contributed by atoms with van der Waals surface area (Å²) < 4.78 is 16.7. The van der Waals surface area contributed by atoms with Crippen molar-refractivity contribution in [2.45, 2.75) is 18.2 Å². The lowest BCUT2D eigenvalue weighted by atomic mass is 10.1. The smallest absolute Gasteiger partial charge is 0.242 e. The maximum absolute atomic E-state index is 13.5. The number of ether oxygens (including phenoxy) is 3. The molecule has 0 bridgehead atoms. The molecule has 2 heterocycles. The number of anilines is 1. The van der Waals surface area contributed by atoms with Gasteiger partial charge in [0.2, 0.25) is 18.6 Å². The molecule has 0 radical (unpaired) electrons. The van der Waals surface area contributed by atoms with Gasteiger partial charge < -0.3 is 19.5 Å². The molecule has 4 aromatic carbocycles. The van der Waals surface area contributed by atoms with Crippen molar-refractivity contribution in [2.75, 3.05) is 12.1 Å². The van der Waals surface area contributed by atoms with E-state index in [1.54, 1.807) is 29.2 Å². The van der Waals surface area contributed by atoms with E-state index in [1.807, 2.05) is 78.9 Å². The van der Waals surface area contributed by atoms with E-state index in [4.69, 9.17) is 19.2 Å². The Morgan fingerprint density at radius 1 is 0.900 bits per heavy atom. The predicted molar refractivity (Wildman–Crippen MR) is 154 cm³/mol. The van der Waals surface area contributed by atoms with Crippen molar-refractivity contribution in [2.24, 2.45) is 4.99 Å². The number of hydrogen-bond donors (Lipinski definition) is 1. The van der Waals surface area contributed by atoms with E-state index in [0.717, 1.165) is 17.0 Å². The SMILES string of the molecule is O=C(C[C@H]1SC(=Nc2ccccc2)N(Cc2ccc3c(c2)OCO3)C1=O)Nc1ccc(Oc2ccccc2)cc1. The van der Waals surface area contributed by atoms with Crippen molar-refractivity contribution in [3.05, 3.63) is 109 Å². The van der Waals surface area contributed by atoms with Crippen LogP contribution < -0.4 is 19.5 Å². The van der Waals surface area contributed by atoms with Crippen LogP contribution in [0.1, 0.15) is 12.0 Å². The third kappa shape index (κ3) is 5.94. The normalized spacial score (nSPS) is 16.8. The number of benzene rings is 4. The van der Waals surface area contributed by atoms with Crippen molar-refractivity contribution in [3.63, 3.8) is 0 Å². The van der Waals surface area contributed by atoms with Gasteiger partial charge in [0, 0.05) is 12.1 Å². The lowest BCUT2D eigenvalue weighted by Gasteiger charge is -2.17. The lowest BCUT2D eigenvalue weighted by molar-refractivity contribution is -0.128. The fourth-order valence-electron chi connectivity index (χ4n) is 4.32. The second-order valence-electron chi connectivity index (χ2n) is 9.14. The summed E-state index contributed by atoms with van der Waals surface area (Å²) in [7, 11) is 0. The fourth-order valence-corrected chi connectivity index (χ4v) is 5.47. The second kappa shape index (κ2) is 11.5. The molecule has 8 nitrogen and oxygen atoms in total. The second-order valence-corrected chi connectivity index (χ2v) is 10.3. The number of para-hydroxylation sites is 2. The van der Waals surface area contributed by atoms with Crippen molar-refractivity contribution in [3.8, 4) is 23.0 Å². The zero-order chi connectivity index (χ0) is 27.3. The first-order chi connectivity index (χ1) is 19.6. The van der Waals surface area contributed by atoms with Gasteiger partial charge in [0.1, 0.15) is 16.7 Å². The zero-order valence-electron chi connectivity index (χ0n) is 21.4. The summed E-state index contributed by atoms with van der Waals surface area (Å²) in [6.07, 6.45) is 0.0111. The van der Waals surface area contributed by atoms with Crippen LogP contribution in [0.25, 0.3) is 0 Å². The minimum Gasteiger partial charge on any atom is -0.457 e. The Morgan fingerprint density at radius 2 is 1.60 bits per heavy atom. The molecule has 0 aromatic heterocycles. The van der Waals surface area contributed by atoms with Gasteiger partial charge in [-0.3, -0.25) is 14.5 Å². The molecule has 1 fully saturated rings. The highest BCUT2D eigenvalue weighted by molar-refractivity contribution is 8.15. The third-order valence-electron chi connectivity index (χ3n) is 6.27. The van der Waals surface area contributed by atoms with Gasteiger partial charge in [0.15, 0.2) is 16.7 Å². The largest absolute Gasteiger partial charge is 0.457 e. The van der Waals surface area contributed by atoms with E-state index in [9.17, 15) is 9.59 Å². The molecule has 0 spiro atoms. The molecule has 1 saturated heterocycles. The van der Waals surface area contributed by atoms with Crippen molar-refractivity contribution < 1.29 is 23.8 Å². The predicted octanol–water partition coefficient (Wildman–Crippen LogP) is 6.37. The number of nitrogens with one attached hydrogen (secondary N) is 1. The van der Waals surface area contributed by atoms with Crippen molar-refractivity contribution >= 4 is 40.1 Å². The molecule has 0 saturated carbocycles. The van der Waals surface area contributed by atoms with Gasteiger partial charge in [-0.1, -0.05) is 54.2 Å². The maximum Gasteiger partial charge on any atom is 0.242 e. The standard InChI is InChI=1S/C31H25N3O5S/c35-29(32-23-12-14-25(15-13-23)39-24-9-5-2-6-10-24)18-28-30(36)34(31(40-28)33-22-7-3-1-4-8-22)19-21-11-16-26-27(17-21)38-20-37-26/h1-17,28H,18-20H2,(H,32,35)/t28-/m1/s1. The number of nitrogens with zero attached hydrogens (tertiary/aromatic N) is 2. The Kier molecular flexibility index (Phi) is 7.37. The summed E-state index contributed by atoms with van der Waals surface area (Å²) in [5.74, 6) is 2.29. The summed E-state index contributed by atoms with van der Waals surface area (Å²) >= 11 is 1.30. The molecule has 6 rings (SSSR count). The Balaban J connectivity index is 1.14. The summed E-state index contributed by atoms with van der Waals surface area (Å²) in [5, 5.41) is 2.84. The Morgan fingerprint density at radius 3 is 2.38 bits per heavy atom. The molecule has 1 N–H and O–H groups in total. The number of aliphatic imine (C=N–C) groups is 1. The molecule has 200 valence electrons. The fraction of sp³-hybridized carbons (Fsp3) is 0.129. The first kappa shape index (κ1) is 25.5. The van der Waals surface area contributed by atoms with Crippen LogP contribution in [0.4, 0.5) is 11.4 Å². The Bertz CT molecular complexity index is 1540. The third-order valence-corrected chi connectivity index (χ3v) is 7.44. The molecule has 2 aliphatic rings. The Hall–Kier alpha value is -4.76. The molecular weight excluding hydrogens is 526 g/mol. The number of carbonyl (C=O) groups excluding carboxylic acids is 2. The van der Waals surface area contributed by atoms with E-state index >= 15 is 0 Å². The Labute approximate surface area is 235 Å². The molecule has 0 unspecified atom stereocenters. The number of amides is 2. The van der Waals surface area contributed by atoms with E-state index in [2.05, 4.69) is 5.32 Å². The van der Waals surface area contributed by atoms with Crippen LogP contribution in [0.2, 0.25) is 0 Å². The van der Waals surface area contributed by atoms with E-state index < -0.39 is 5.25 Å². The number of carbonyl (C=O) groups is 2. The van der Waals surface area contributed by atoms with Crippen LogP contribution in [-0.4, -0.2) is 33.9 Å². The highest BCUT2D eigenvalue weighted by Crippen LogP contribution is 2.36. The van der Waals surface area contributed by atoms with Crippen molar-refractivity contribution in [1.82, 2.24) is 4.90 Å². The maximum atomic E-state index is 13.5. The van der Waals surface area contributed by atoms with E-state index in [-0.39, 0.29) is 25.0 Å². The minimum atomic E-state index is -0.600. The summed E-state index contributed by atoms with van der Waals surface area (Å²) in [5.41, 5.74) is 2.23. The average molecular weight is 552 g/mol. The van der Waals surface area contributed by atoms with Crippen LogP contribution in [0.3, 0.4) is 0 Å². The van der Waals surface area contributed by atoms with E-state index in [1.165, 1.54) is 11.8 Å². The van der Waals surface area contributed by atoms with Gasteiger partial charge in [-0.2, -0.15) is 0 Å². The number of fused-ring (bicyclic) bond motifs is 1. The number of amidine groups is 1. The van der Waals surface area contributed by atoms with Crippen LogP contribution in [0.5, 0.6) is 23.0 Å². The van der Waals surface area contributed by atoms with Crippen molar-refractivity contribution in [1.29, 1.82) is 0 Å². The highest BCUT2D eigenvalue weighted by atomic mass is 32.2. The van der Waals surface area contributed by atoms with E-state index in [0.29, 0.717) is 34.6 Å². The molecule has 0 aliphatic carbocycles. The van der Waals surface area contributed by atoms with Crippen LogP contribution in [0.15, 0.2) is 108 Å². The summed E-state index contributed by atoms with van der Waals surface area (Å²) in [6.45, 7) is 0.479. The summed E-state index contributed by atoms with van der Waals surface area (Å²) in [6, 6.07) is 31.6. The van der Waals surface area contributed by atoms with Crippen LogP contribution in [-0.2, 0) is 16.1 Å². The lowest BCUT2D eigenvalue weighted by Crippen LogP contribution is -2.33. The molecule has 1 atom stereocenters. The molecule has 2 amide bonds. The zero-order valence-corrected chi connectivity index (χ0v) is 22.2. The first-order valence-corrected chi connectivity index (χ1v) is 13.6. The van der Waals surface area contributed by atoms with Gasteiger partial charge in [-0.25, -0.2) is 4.99 Å². The quantitative estimate of drug-likeness (QED) is 0.274. The average Bonchev–Trinajstić information content (AvgIpc) is 3.55. The number of thioether (sulfide) groups is 1. The highest BCUT2D eigenvalue weighted by Gasteiger charge is 2.39. The number of rotatable bonds is 8. The van der Waals surface area contributed by atoms with Gasteiger partial charge in [-0.05, 0) is 66.2 Å². The summed E-state index contributed by atoms with van der Waals surface area (Å²) in [4.78, 5) is 32.8. The molecule has 40 heavy (non-hydrogen) atoms.